The van der Waals surface area contributed by atoms with Crippen LogP contribution < -0.4 is 5.73 Å². The molecule has 1 nitrogen and oxygen atoms in total. The van der Waals surface area contributed by atoms with Crippen molar-refractivity contribution in [3.63, 3.8) is 0 Å². The fourth-order valence-corrected chi connectivity index (χ4v) is 1.83. The first-order valence-electron chi connectivity index (χ1n) is 5.14. The van der Waals surface area contributed by atoms with Crippen molar-refractivity contribution in [3.05, 3.63) is 70.0 Å². The summed E-state index contributed by atoms with van der Waals surface area (Å²) in [6.45, 7) is 0. The molecule has 0 radical (unpaired) electrons. The Morgan fingerprint density at radius 1 is 0.944 bits per heavy atom. The van der Waals surface area contributed by atoms with E-state index in [2.05, 4.69) is 0 Å². The Morgan fingerprint density at radius 3 is 2.28 bits per heavy atom. The predicted octanol–water partition coefficient (Wildman–Crippen LogP) is 3.81. The zero-order chi connectivity index (χ0) is 13.3. The molecular weight excluding hydrogens is 263 g/mol. The van der Waals surface area contributed by atoms with Crippen molar-refractivity contribution in [2.45, 2.75) is 6.04 Å². The maximum atomic E-state index is 13.5. The van der Waals surface area contributed by atoms with E-state index in [4.69, 9.17) is 17.3 Å². The monoisotopic (exact) mass is 271 g/mol. The summed E-state index contributed by atoms with van der Waals surface area (Å²) in [6, 6.07) is 5.92. The van der Waals surface area contributed by atoms with Gasteiger partial charge < -0.3 is 5.73 Å². The summed E-state index contributed by atoms with van der Waals surface area (Å²) in [4.78, 5) is 0. The van der Waals surface area contributed by atoms with Crippen molar-refractivity contribution >= 4 is 11.6 Å². The van der Waals surface area contributed by atoms with Gasteiger partial charge in [0.05, 0.1) is 11.1 Å². The van der Waals surface area contributed by atoms with Crippen LogP contribution in [0.1, 0.15) is 17.2 Å². The Hall–Kier alpha value is -1.52. The van der Waals surface area contributed by atoms with Crippen LogP contribution in [-0.2, 0) is 0 Å². The molecule has 5 heteroatoms. The smallest absolute Gasteiger partial charge is 0.141 e. The number of nitrogens with two attached hydrogens (primary N) is 1. The summed E-state index contributed by atoms with van der Waals surface area (Å²) in [7, 11) is 0. The number of rotatable bonds is 2. The third kappa shape index (κ3) is 2.49. The molecule has 1 unspecified atom stereocenters. The van der Waals surface area contributed by atoms with E-state index < -0.39 is 23.5 Å². The maximum absolute atomic E-state index is 13.5. The minimum atomic E-state index is -0.904. The molecule has 0 heterocycles. The summed E-state index contributed by atoms with van der Waals surface area (Å²) in [5, 5.41) is -0.111. The lowest BCUT2D eigenvalue weighted by Crippen LogP contribution is -2.14. The molecular formula is C13H9ClF3N. The van der Waals surface area contributed by atoms with Crippen LogP contribution >= 0.6 is 11.6 Å². The molecule has 2 N–H and O–H groups in total. The minimum absolute atomic E-state index is 0.00215. The molecule has 94 valence electrons. The van der Waals surface area contributed by atoms with Crippen molar-refractivity contribution < 1.29 is 13.2 Å². The number of benzene rings is 2. The summed E-state index contributed by atoms with van der Waals surface area (Å²) in [6.07, 6.45) is 0. The van der Waals surface area contributed by atoms with E-state index in [1.165, 1.54) is 12.1 Å². The fourth-order valence-electron chi connectivity index (χ4n) is 1.64. The van der Waals surface area contributed by atoms with Gasteiger partial charge in [0.1, 0.15) is 17.5 Å². The average molecular weight is 272 g/mol. The van der Waals surface area contributed by atoms with E-state index in [1.54, 1.807) is 0 Å². The van der Waals surface area contributed by atoms with E-state index in [0.717, 1.165) is 24.3 Å². The molecule has 18 heavy (non-hydrogen) atoms. The SMILES string of the molecule is NC(c1ccc(F)c(Cl)c1)c1cc(F)ccc1F. The molecule has 2 aromatic carbocycles. The van der Waals surface area contributed by atoms with Crippen LogP contribution in [0.2, 0.25) is 5.02 Å². The topological polar surface area (TPSA) is 26.0 Å². The lowest BCUT2D eigenvalue weighted by molar-refractivity contribution is 0.576. The molecule has 2 rings (SSSR count). The first-order chi connectivity index (χ1) is 8.49. The molecule has 0 spiro atoms. The van der Waals surface area contributed by atoms with E-state index >= 15 is 0 Å². The first kappa shape index (κ1) is 12.9. The van der Waals surface area contributed by atoms with Gasteiger partial charge in [0.25, 0.3) is 0 Å². The molecule has 0 fully saturated rings. The van der Waals surface area contributed by atoms with Gasteiger partial charge in [0.15, 0.2) is 0 Å². The molecule has 0 saturated carbocycles. The Labute approximate surface area is 107 Å². The normalized spacial score (nSPS) is 12.5. The van der Waals surface area contributed by atoms with Gasteiger partial charge in [-0.05, 0) is 35.9 Å². The van der Waals surface area contributed by atoms with Crippen LogP contribution in [0.25, 0.3) is 0 Å². The van der Waals surface area contributed by atoms with Crippen LogP contribution in [0, 0.1) is 17.5 Å². The van der Waals surface area contributed by atoms with Gasteiger partial charge in [-0.2, -0.15) is 0 Å². The average Bonchev–Trinajstić information content (AvgIpc) is 2.35. The highest BCUT2D eigenvalue weighted by Crippen LogP contribution is 2.26. The molecule has 0 aliphatic heterocycles. The van der Waals surface area contributed by atoms with Gasteiger partial charge in [0.2, 0.25) is 0 Å². The van der Waals surface area contributed by atoms with Crippen molar-refractivity contribution in [2.24, 2.45) is 5.73 Å². The summed E-state index contributed by atoms with van der Waals surface area (Å²) in [5.41, 5.74) is 6.22. The number of halogens is 4. The molecule has 0 aliphatic carbocycles. The zero-order valence-electron chi connectivity index (χ0n) is 9.13. The second-order valence-corrected chi connectivity index (χ2v) is 4.22. The van der Waals surface area contributed by atoms with Crippen LogP contribution in [0.4, 0.5) is 13.2 Å². The number of hydrogen-bond acceptors (Lipinski definition) is 1. The van der Waals surface area contributed by atoms with E-state index in [0.29, 0.717) is 5.56 Å². The van der Waals surface area contributed by atoms with Gasteiger partial charge in [-0.3, -0.25) is 0 Å². The molecule has 0 amide bonds. The molecule has 0 saturated heterocycles. The Kier molecular flexibility index (Phi) is 3.59. The van der Waals surface area contributed by atoms with Gasteiger partial charge >= 0.3 is 0 Å². The molecule has 0 aliphatic rings. The second-order valence-electron chi connectivity index (χ2n) is 3.82. The zero-order valence-corrected chi connectivity index (χ0v) is 9.89. The van der Waals surface area contributed by atoms with Crippen LogP contribution in [-0.4, -0.2) is 0 Å². The fraction of sp³-hybridized carbons (Fsp3) is 0.0769. The van der Waals surface area contributed by atoms with E-state index in [-0.39, 0.29) is 10.6 Å². The summed E-state index contributed by atoms with van der Waals surface area (Å²) < 4.78 is 39.6. The lowest BCUT2D eigenvalue weighted by atomic mass is 9.99. The largest absolute Gasteiger partial charge is 0.320 e. The lowest BCUT2D eigenvalue weighted by Gasteiger charge is -2.14. The van der Waals surface area contributed by atoms with Crippen molar-refractivity contribution in [1.29, 1.82) is 0 Å². The highest BCUT2D eigenvalue weighted by atomic mass is 35.5. The third-order valence-corrected chi connectivity index (χ3v) is 2.89. The van der Waals surface area contributed by atoms with Gasteiger partial charge in [-0.1, -0.05) is 17.7 Å². The standard InChI is InChI=1S/C13H9ClF3N/c14-10-5-7(1-3-12(10)17)13(18)9-6-8(15)2-4-11(9)16/h1-6,13H,18H2. The van der Waals surface area contributed by atoms with Crippen LogP contribution in [0.3, 0.4) is 0 Å². The highest BCUT2D eigenvalue weighted by molar-refractivity contribution is 6.30. The van der Waals surface area contributed by atoms with Gasteiger partial charge in [-0.25, -0.2) is 13.2 Å². The molecule has 2 aromatic rings. The predicted molar refractivity (Wildman–Crippen MR) is 63.8 cm³/mol. The maximum Gasteiger partial charge on any atom is 0.141 e. The van der Waals surface area contributed by atoms with Gasteiger partial charge in [-0.15, -0.1) is 0 Å². The molecule has 0 bridgehead atoms. The first-order valence-corrected chi connectivity index (χ1v) is 5.52. The van der Waals surface area contributed by atoms with Crippen molar-refractivity contribution in [3.8, 4) is 0 Å². The third-order valence-electron chi connectivity index (χ3n) is 2.60. The second kappa shape index (κ2) is 5.00. The highest BCUT2D eigenvalue weighted by Gasteiger charge is 2.15. The van der Waals surface area contributed by atoms with Crippen molar-refractivity contribution in [1.82, 2.24) is 0 Å². The number of hydrogen-bond donors (Lipinski definition) is 1. The van der Waals surface area contributed by atoms with Crippen LogP contribution in [0.5, 0.6) is 0 Å². The Bertz CT molecular complexity index is 586. The molecule has 1 atom stereocenters. The van der Waals surface area contributed by atoms with Crippen LogP contribution in [0.15, 0.2) is 36.4 Å². The minimum Gasteiger partial charge on any atom is -0.320 e. The summed E-state index contributed by atoms with van der Waals surface area (Å²) >= 11 is 5.62. The van der Waals surface area contributed by atoms with Crippen molar-refractivity contribution in [2.75, 3.05) is 0 Å². The molecule has 0 aromatic heterocycles. The Balaban J connectivity index is 2.44. The van der Waals surface area contributed by atoms with E-state index in [1.807, 2.05) is 0 Å². The van der Waals surface area contributed by atoms with Gasteiger partial charge in [0, 0.05) is 5.56 Å². The van der Waals surface area contributed by atoms with E-state index in [9.17, 15) is 13.2 Å². The summed E-state index contributed by atoms with van der Waals surface area (Å²) in [5.74, 6) is -1.80. The Morgan fingerprint density at radius 2 is 1.61 bits per heavy atom. The quantitative estimate of drug-likeness (QED) is 0.883.